The lowest BCUT2D eigenvalue weighted by Crippen LogP contribution is -2.18. The molecule has 6 heteroatoms. The molecule has 0 unspecified atom stereocenters. The van der Waals surface area contributed by atoms with Crippen LogP contribution in [0.25, 0.3) is 43.6 Å². The maximum absolute atomic E-state index is 5.06. The number of fused-ring (bicyclic) bond motifs is 6. The minimum absolute atomic E-state index is 0.890. The van der Waals surface area contributed by atoms with Crippen molar-refractivity contribution in [1.82, 2.24) is 9.13 Å². The maximum Gasteiger partial charge on any atom is 0.0593 e. The second kappa shape index (κ2) is 20.2. The number of aryl methyl sites for hydroxylation is 2. The molecule has 2 aromatic heterocycles. The Balaban J connectivity index is 0.861. The van der Waals surface area contributed by atoms with E-state index < -0.39 is 0 Å². The molecule has 0 fully saturated rings. The fourth-order valence-electron chi connectivity index (χ4n) is 8.63. The molecule has 8 aromatic rings. The fourth-order valence-corrected chi connectivity index (χ4v) is 8.63. The van der Waals surface area contributed by atoms with Crippen LogP contribution in [-0.2, 0) is 13.1 Å². The summed E-state index contributed by atoms with van der Waals surface area (Å²) in [4.78, 5) is 0. The van der Waals surface area contributed by atoms with Gasteiger partial charge in [0.1, 0.15) is 0 Å². The van der Waals surface area contributed by atoms with Gasteiger partial charge in [-0.05, 0) is 97.5 Å². The molecule has 6 aromatic carbocycles. The monoisotopic (exact) mass is 792 g/mol. The molecule has 0 aliphatic carbocycles. The first-order valence-electron chi connectivity index (χ1n) is 22.5. The van der Waals surface area contributed by atoms with E-state index in [2.05, 4.69) is 179 Å². The lowest BCUT2D eigenvalue weighted by Gasteiger charge is -2.20. The van der Waals surface area contributed by atoms with Gasteiger partial charge in [-0.3, -0.25) is 10.0 Å². The standard InChI is InChI=1S/C54H60N6/c1-3-5-35-57-51-29-19-17-27-47(51)49-39-43(31-33-53(49)57)41-55-59(45-23-13-11-14-24-45)37-21-9-7-8-10-22-38-60(46-25-15-12-16-26-46)56-42-44-32-34-54-50(40-44)48-28-18-20-30-52(48)58(54)36-6-4-2/h11-20,23-34,39-42H,3-10,21-22,35-38H2,1-2H3/b55-41+,56-42+. The van der Waals surface area contributed by atoms with Gasteiger partial charge < -0.3 is 9.13 Å². The molecular weight excluding hydrogens is 733 g/mol. The third-order valence-electron chi connectivity index (χ3n) is 11.9. The van der Waals surface area contributed by atoms with Crippen LogP contribution in [0, 0.1) is 0 Å². The molecule has 6 nitrogen and oxygen atoms in total. The zero-order valence-corrected chi connectivity index (χ0v) is 35.6. The normalized spacial score (nSPS) is 12.0. The van der Waals surface area contributed by atoms with Crippen molar-refractivity contribution in [3.63, 3.8) is 0 Å². The van der Waals surface area contributed by atoms with Crippen molar-refractivity contribution in [2.24, 2.45) is 10.2 Å². The predicted octanol–water partition coefficient (Wildman–Crippen LogP) is 14.2. The Hall–Kier alpha value is -6.14. The summed E-state index contributed by atoms with van der Waals surface area (Å²) in [5, 5.41) is 19.7. The molecule has 0 saturated carbocycles. The molecular formula is C54H60N6. The van der Waals surface area contributed by atoms with Crippen LogP contribution < -0.4 is 10.0 Å². The van der Waals surface area contributed by atoms with Crippen LogP contribution in [0.15, 0.2) is 156 Å². The third kappa shape index (κ3) is 9.50. The minimum Gasteiger partial charge on any atom is -0.340 e. The highest BCUT2D eigenvalue weighted by Gasteiger charge is 2.13. The van der Waals surface area contributed by atoms with Gasteiger partial charge in [0.2, 0.25) is 0 Å². The molecule has 8 rings (SSSR count). The van der Waals surface area contributed by atoms with E-state index in [9.17, 15) is 0 Å². The highest BCUT2D eigenvalue weighted by atomic mass is 15.5. The van der Waals surface area contributed by atoms with Crippen molar-refractivity contribution < 1.29 is 0 Å². The van der Waals surface area contributed by atoms with Crippen LogP contribution >= 0.6 is 0 Å². The Morgan fingerprint density at radius 2 is 0.783 bits per heavy atom. The molecule has 0 bridgehead atoms. The van der Waals surface area contributed by atoms with E-state index in [0.29, 0.717) is 0 Å². The quantitative estimate of drug-likeness (QED) is 0.0413. The summed E-state index contributed by atoms with van der Waals surface area (Å²) in [6, 6.07) is 52.4. The first-order chi connectivity index (χ1) is 29.7. The average molecular weight is 793 g/mol. The molecule has 0 radical (unpaired) electrons. The zero-order chi connectivity index (χ0) is 40.9. The average Bonchev–Trinajstić information content (AvgIpc) is 3.79. The summed E-state index contributed by atoms with van der Waals surface area (Å²) >= 11 is 0. The lowest BCUT2D eigenvalue weighted by molar-refractivity contribution is 0.586. The molecule has 2 heterocycles. The van der Waals surface area contributed by atoms with Gasteiger partial charge in [0.15, 0.2) is 0 Å². The number of anilines is 2. The number of rotatable bonds is 21. The fraction of sp³-hybridized carbons (Fsp3) is 0.296. The van der Waals surface area contributed by atoms with Gasteiger partial charge in [-0.15, -0.1) is 0 Å². The first kappa shape index (κ1) is 40.6. The molecule has 0 aliphatic rings. The van der Waals surface area contributed by atoms with Gasteiger partial charge in [0.05, 0.1) is 23.8 Å². The molecule has 0 amide bonds. The van der Waals surface area contributed by atoms with Crippen molar-refractivity contribution in [2.45, 2.75) is 91.1 Å². The summed E-state index contributed by atoms with van der Waals surface area (Å²) < 4.78 is 4.96. The van der Waals surface area contributed by atoms with Crippen molar-refractivity contribution in [3.8, 4) is 0 Å². The molecule has 0 saturated heterocycles. The van der Waals surface area contributed by atoms with E-state index in [1.54, 1.807) is 0 Å². The predicted molar refractivity (Wildman–Crippen MR) is 259 cm³/mol. The third-order valence-corrected chi connectivity index (χ3v) is 11.9. The van der Waals surface area contributed by atoms with Gasteiger partial charge >= 0.3 is 0 Å². The summed E-state index contributed by atoms with van der Waals surface area (Å²) in [7, 11) is 0. The van der Waals surface area contributed by atoms with Crippen LogP contribution in [0.4, 0.5) is 11.4 Å². The molecule has 0 atom stereocenters. The van der Waals surface area contributed by atoms with E-state index in [1.165, 1.54) is 95.0 Å². The lowest BCUT2D eigenvalue weighted by atomic mass is 10.1. The summed E-state index contributed by atoms with van der Waals surface area (Å²) in [5.74, 6) is 0. The highest BCUT2D eigenvalue weighted by Crippen LogP contribution is 2.32. The number of para-hydroxylation sites is 4. The van der Waals surface area contributed by atoms with E-state index in [0.717, 1.165) is 61.5 Å². The number of nitrogens with zero attached hydrogens (tertiary/aromatic N) is 6. The number of hydrazone groups is 2. The number of hydrogen-bond donors (Lipinski definition) is 0. The summed E-state index contributed by atoms with van der Waals surface area (Å²) in [6.45, 7) is 8.39. The second-order valence-electron chi connectivity index (χ2n) is 16.1. The maximum atomic E-state index is 5.06. The van der Waals surface area contributed by atoms with Gasteiger partial charge in [-0.1, -0.05) is 137 Å². The minimum atomic E-state index is 0.890. The highest BCUT2D eigenvalue weighted by molar-refractivity contribution is 6.10. The molecule has 0 spiro atoms. The van der Waals surface area contributed by atoms with Gasteiger partial charge in [-0.2, -0.15) is 10.2 Å². The summed E-state index contributed by atoms with van der Waals surface area (Å²) in [5.41, 5.74) is 9.75. The molecule has 306 valence electrons. The van der Waals surface area contributed by atoms with E-state index in [4.69, 9.17) is 10.2 Å². The SMILES string of the molecule is CCCCn1c2ccccc2c2cc(/C=N/N(CCCCCCCCN(/N=C/c3ccc4c(c3)c3ccccc3n4CCCC)c3ccccc3)c3ccccc3)ccc21. The Kier molecular flexibility index (Phi) is 13.7. The zero-order valence-electron chi connectivity index (χ0n) is 35.6. The van der Waals surface area contributed by atoms with Crippen molar-refractivity contribution in [3.05, 3.63) is 157 Å². The summed E-state index contributed by atoms with van der Waals surface area (Å²) in [6.07, 6.45) is 15.8. The number of unbranched alkanes of at least 4 members (excludes halogenated alkanes) is 7. The van der Waals surface area contributed by atoms with Crippen LogP contribution in [-0.4, -0.2) is 34.7 Å². The topological polar surface area (TPSA) is 41.1 Å². The van der Waals surface area contributed by atoms with Crippen molar-refractivity contribution in [1.29, 1.82) is 0 Å². The van der Waals surface area contributed by atoms with Crippen molar-refractivity contribution in [2.75, 3.05) is 23.1 Å². The smallest absolute Gasteiger partial charge is 0.0593 e. The van der Waals surface area contributed by atoms with E-state index in [-0.39, 0.29) is 0 Å². The number of hydrogen-bond acceptors (Lipinski definition) is 4. The molecule has 60 heavy (non-hydrogen) atoms. The van der Waals surface area contributed by atoms with Crippen LogP contribution in [0.2, 0.25) is 0 Å². The Labute approximate surface area is 356 Å². The first-order valence-corrected chi connectivity index (χ1v) is 22.5. The van der Waals surface area contributed by atoms with Crippen molar-refractivity contribution >= 4 is 67.4 Å². The van der Waals surface area contributed by atoms with Gasteiger partial charge in [0.25, 0.3) is 0 Å². The molecule has 0 N–H and O–H groups in total. The van der Waals surface area contributed by atoms with E-state index >= 15 is 0 Å². The molecule has 0 aliphatic heterocycles. The second-order valence-corrected chi connectivity index (χ2v) is 16.1. The van der Waals surface area contributed by atoms with Gasteiger partial charge in [-0.25, -0.2) is 0 Å². The Morgan fingerprint density at radius 3 is 1.22 bits per heavy atom. The number of aromatic nitrogens is 2. The largest absolute Gasteiger partial charge is 0.340 e. The Morgan fingerprint density at radius 1 is 0.400 bits per heavy atom. The Bertz CT molecular complexity index is 2470. The number of benzene rings is 6. The van der Waals surface area contributed by atoms with Crippen LogP contribution in [0.5, 0.6) is 0 Å². The van der Waals surface area contributed by atoms with Crippen LogP contribution in [0.3, 0.4) is 0 Å². The van der Waals surface area contributed by atoms with E-state index in [1.807, 2.05) is 12.4 Å². The van der Waals surface area contributed by atoms with Crippen LogP contribution in [0.1, 0.15) is 89.2 Å². The van der Waals surface area contributed by atoms with Gasteiger partial charge in [0, 0.05) is 69.8 Å².